The van der Waals surface area contributed by atoms with Crippen LogP contribution in [0, 0.1) is 12.3 Å². The highest BCUT2D eigenvalue weighted by molar-refractivity contribution is 5.91. The highest BCUT2D eigenvalue weighted by atomic mass is 16.5. The van der Waals surface area contributed by atoms with Crippen LogP contribution in [0.3, 0.4) is 0 Å². The van der Waals surface area contributed by atoms with E-state index in [4.69, 9.17) is 4.52 Å². The minimum Gasteiger partial charge on any atom is -0.366 e. The summed E-state index contributed by atoms with van der Waals surface area (Å²) in [7, 11) is 0. The van der Waals surface area contributed by atoms with Crippen molar-refractivity contribution < 1.29 is 9.32 Å². The Kier molecular flexibility index (Phi) is 5.37. The van der Waals surface area contributed by atoms with Crippen molar-refractivity contribution in [2.75, 3.05) is 16.8 Å². The molecule has 0 radical (unpaired) electrons. The van der Waals surface area contributed by atoms with E-state index < -0.39 is 0 Å². The Morgan fingerprint density at radius 2 is 2.03 bits per heavy atom. The highest BCUT2D eigenvalue weighted by Crippen LogP contribution is 2.34. The standard InChI is InChI=1S/C25H29N3O2/c1-17-6-5-7-19(12-17)24-20(15-26-30-24)16-28-11-10-18-13-21(8-9-22(18)28)27-23(29)14-25(2,3)4/h5-9,12-13,15H,10-11,14,16H2,1-4H3,(H,27,29). The fourth-order valence-corrected chi connectivity index (χ4v) is 4.00. The Balaban J connectivity index is 1.49. The van der Waals surface area contributed by atoms with Crippen molar-refractivity contribution in [3.05, 3.63) is 65.4 Å². The van der Waals surface area contributed by atoms with E-state index >= 15 is 0 Å². The van der Waals surface area contributed by atoms with Gasteiger partial charge in [-0.25, -0.2) is 0 Å². The molecule has 156 valence electrons. The number of nitrogens with one attached hydrogen (secondary N) is 1. The number of aryl methyl sites for hydroxylation is 1. The first-order chi connectivity index (χ1) is 14.3. The third-order valence-corrected chi connectivity index (χ3v) is 5.33. The van der Waals surface area contributed by atoms with E-state index in [1.807, 2.05) is 18.3 Å². The lowest BCUT2D eigenvalue weighted by atomic mass is 9.92. The summed E-state index contributed by atoms with van der Waals surface area (Å²) in [6, 6.07) is 14.5. The van der Waals surface area contributed by atoms with Crippen molar-refractivity contribution in [3.8, 4) is 11.3 Å². The Morgan fingerprint density at radius 1 is 1.20 bits per heavy atom. The number of rotatable bonds is 5. The van der Waals surface area contributed by atoms with Crippen LogP contribution in [0.25, 0.3) is 11.3 Å². The maximum absolute atomic E-state index is 12.3. The number of anilines is 2. The Bertz CT molecular complexity index is 1060. The summed E-state index contributed by atoms with van der Waals surface area (Å²) < 4.78 is 5.58. The van der Waals surface area contributed by atoms with Gasteiger partial charge in [-0.15, -0.1) is 0 Å². The fraction of sp³-hybridized carbons (Fsp3) is 0.360. The van der Waals surface area contributed by atoms with Gasteiger partial charge in [0.05, 0.1) is 6.20 Å². The van der Waals surface area contributed by atoms with E-state index in [1.165, 1.54) is 16.8 Å². The summed E-state index contributed by atoms with van der Waals surface area (Å²) in [6.07, 6.45) is 3.28. The molecule has 4 rings (SSSR count). The predicted octanol–water partition coefficient (Wildman–Crippen LogP) is 5.59. The van der Waals surface area contributed by atoms with Gasteiger partial charge in [0, 0.05) is 42.0 Å². The van der Waals surface area contributed by atoms with Crippen LogP contribution in [0.15, 0.2) is 53.2 Å². The van der Waals surface area contributed by atoms with Gasteiger partial charge in [-0.1, -0.05) is 49.7 Å². The molecule has 2 heterocycles. The van der Waals surface area contributed by atoms with E-state index in [1.54, 1.807) is 0 Å². The summed E-state index contributed by atoms with van der Waals surface area (Å²) >= 11 is 0. The molecule has 1 aliphatic rings. The van der Waals surface area contributed by atoms with Gasteiger partial charge in [-0.3, -0.25) is 4.79 Å². The SMILES string of the molecule is Cc1cccc(-c2oncc2CN2CCc3cc(NC(=O)CC(C)(C)C)ccc32)c1. The fourth-order valence-electron chi connectivity index (χ4n) is 4.00. The van der Waals surface area contributed by atoms with Gasteiger partial charge in [-0.2, -0.15) is 0 Å². The number of amides is 1. The molecule has 1 aromatic heterocycles. The van der Waals surface area contributed by atoms with Gasteiger partial charge in [-0.05, 0) is 48.6 Å². The van der Waals surface area contributed by atoms with Crippen molar-refractivity contribution in [2.45, 2.75) is 47.1 Å². The van der Waals surface area contributed by atoms with Crippen LogP contribution < -0.4 is 10.2 Å². The van der Waals surface area contributed by atoms with Crippen LogP contribution >= 0.6 is 0 Å². The number of carbonyl (C=O) groups excluding carboxylic acids is 1. The summed E-state index contributed by atoms with van der Waals surface area (Å²) in [5, 5.41) is 7.09. The van der Waals surface area contributed by atoms with Crippen LogP contribution in [-0.2, 0) is 17.8 Å². The molecule has 0 fully saturated rings. The normalized spacial score (nSPS) is 13.4. The molecule has 30 heavy (non-hydrogen) atoms. The lowest BCUT2D eigenvalue weighted by Crippen LogP contribution is -2.20. The van der Waals surface area contributed by atoms with Gasteiger partial charge in [0.25, 0.3) is 0 Å². The number of fused-ring (bicyclic) bond motifs is 1. The first-order valence-electron chi connectivity index (χ1n) is 10.5. The Hall–Kier alpha value is -3.08. The zero-order chi connectivity index (χ0) is 21.3. The molecule has 0 bridgehead atoms. The molecule has 1 amide bonds. The molecular formula is C25H29N3O2. The van der Waals surface area contributed by atoms with Crippen molar-refractivity contribution in [2.24, 2.45) is 5.41 Å². The van der Waals surface area contributed by atoms with Crippen molar-refractivity contribution in [1.82, 2.24) is 5.16 Å². The average molecular weight is 404 g/mol. The zero-order valence-electron chi connectivity index (χ0n) is 18.2. The Morgan fingerprint density at radius 3 is 2.80 bits per heavy atom. The van der Waals surface area contributed by atoms with Crippen LogP contribution in [0.4, 0.5) is 11.4 Å². The van der Waals surface area contributed by atoms with Crippen LogP contribution in [0.1, 0.15) is 43.9 Å². The molecule has 0 saturated heterocycles. The number of benzene rings is 2. The van der Waals surface area contributed by atoms with Crippen molar-refractivity contribution >= 4 is 17.3 Å². The van der Waals surface area contributed by atoms with E-state index in [9.17, 15) is 4.79 Å². The second kappa shape index (κ2) is 7.98. The van der Waals surface area contributed by atoms with E-state index in [0.717, 1.165) is 42.1 Å². The third-order valence-electron chi connectivity index (χ3n) is 5.33. The largest absolute Gasteiger partial charge is 0.366 e. The van der Waals surface area contributed by atoms with E-state index in [0.29, 0.717) is 6.42 Å². The monoisotopic (exact) mass is 403 g/mol. The maximum atomic E-state index is 12.3. The molecule has 0 atom stereocenters. The lowest BCUT2D eigenvalue weighted by molar-refractivity contribution is -0.117. The topological polar surface area (TPSA) is 58.4 Å². The zero-order valence-corrected chi connectivity index (χ0v) is 18.2. The molecule has 0 spiro atoms. The molecular weight excluding hydrogens is 374 g/mol. The molecule has 1 aliphatic heterocycles. The number of nitrogens with zero attached hydrogens (tertiary/aromatic N) is 2. The number of aromatic nitrogens is 1. The van der Waals surface area contributed by atoms with Gasteiger partial charge in [0.15, 0.2) is 5.76 Å². The van der Waals surface area contributed by atoms with Crippen LogP contribution in [0.5, 0.6) is 0 Å². The van der Waals surface area contributed by atoms with Gasteiger partial charge in [0.2, 0.25) is 5.91 Å². The molecule has 5 heteroatoms. The van der Waals surface area contributed by atoms with Crippen molar-refractivity contribution in [3.63, 3.8) is 0 Å². The average Bonchev–Trinajstić information content (AvgIpc) is 3.27. The first kappa shape index (κ1) is 20.2. The van der Waals surface area contributed by atoms with Gasteiger partial charge < -0.3 is 14.7 Å². The summed E-state index contributed by atoms with van der Waals surface area (Å²) in [4.78, 5) is 14.6. The smallest absolute Gasteiger partial charge is 0.224 e. The van der Waals surface area contributed by atoms with E-state index in [2.05, 4.69) is 73.4 Å². The maximum Gasteiger partial charge on any atom is 0.224 e. The summed E-state index contributed by atoms with van der Waals surface area (Å²) in [5.74, 6) is 0.891. The van der Waals surface area contributed by atoms with Crippen LogP contribution in [0.2, 0.25) is 0 Å². The highest BCUT2D eigenvalue weighted by Gasteiger charge is 2.23. The first-order valence-corrected chi connectivity index (χ1v) is 10.5. The molecule has 0 unspecified atom stereocenters. The minimum absolute atomic E-state index is 0.0226. The number of hydrogen-bond acceptors (Lipinski definition) is 4. The molecule has 2 aromatic carbocycles. The van der Waals surface area contributed by atoms with Crippen LogP contribution in [-0.4, -0.2) is 17.6 Å². The third kappa shape index (κ3) is 4.56. The minimum atomic E-state index is -0.0226. The lowest BCUT2D eigenvalue weighted by Gasteiger charge is -2.20. The quantitative estimate of drug-likeness (QED) is 0.603. The van der Waals surface area contributed by atoms with Gasteiger partial charge >= 0.3 is 0 Å². The second-order valence-corrected chi connectivity index (χ2v) is 9.35. The molecule has 1 N–H and O–H groups in total. The summed E-state index contributed by atoms with van der Waals surface area (Å²) in [5.41, 5.74) is 6.65. The molecule has 5 nitrogen and oxygen atoms in total. The van der Waals surface area contributed by atoms with Gasteiger partial charge in [0.1, 0.15) is 0 Å². The summed E-state index contributed by atoms with van der Waals surface area (Å²) in [6.45, 7) is 9.98. The van der Waals surface area contributed by atoms with Crippen molar-refractivity contribution in [1.29, 1.82) is 0 Å². The predicted molar refractivity (Wildman–Crippen MR) is 121 cm³/mol. The molecule has 0 saturated carbocycles. The second-order valence-electron chi connectivity index (χ2n) is 9.35. The Labute approximate surface area is 178 Å². The van der Waals surface area contributed by atoms with E-state index in [-0.39, 0.29) is 11.3 Å². The number of carbonyl (C=O) groups is 1. The molecule has 0 aliphatic carbocycles. The molecule has 3 aromatic rings. The number of hydrogen-bond donors (Lipinski definition) is 1.